The van der Waals surface area contributed by atoms with E-state index in [4.69, 9.17) is 24.9 Å². The van der Waals surface area contributed by atoms with E-state index < -0.39 is 0 Å². The van der Waals surface area contributed by atoms with Gasteiger partial charge < -0.3 is 0 Å². The lowest BCUT2D eigenvalue weighted by atomic mass is 9.91. The second-order valence-corrected chi connectivity index (χ2v) is 19.4. The molecular weight excluding hydrogens is 913 g/mol. The molecule has 0 saturated heterocycles. The Morgan fingerprint density at radius 3 is 1.48 bits per heavy atom. The Morgan fingerprint density at radius 1 is 0.400 bits per heavy atom. The van der Waals surface area contributed by atoms with Crippen LogP contribution in [0.15, 0.2) is 249 Å². The fraction of sp³-hybridized carbons (Fsp3) is 0.0290. The molecule has 0 amide bonds. The first kappa shape index (κ1) is 43.8. The van der Waals surface area contributed by atoms with Crippen LogP contribution in [0.3, 0.4) is 0 Å². The normalized spacial score (nSPS) is 12.4. The van der Waals surface area contributed by atoms with Crippen molar-refractivity contribution < 1.29 is 0 Å². The maximum absolute atomic E-state index is 5.80. The van der Waals surface area contributed by atoms with Gasteiger partial charge in [0.15, 0.2) is 0 Å². The highest BCUT2D eigenvalue weighted by molar-refractivity contribution is 6.01. The van der Waals surface area contributed by atoms with E-state index in [0.717, 1.165) is 128 Å². The summed E-state index contributed by atoms with van der Waals surface area (Å²) in [5.74, 6) is 0.816. The number of allylic oxidation sites excluding steroid dienone is 2. The van der Waals surface area contributed by atoms with Crippen LogP contribution in [-0.4, -0.2) is 29.5 Å². The van der Waals surface area contributed by atoms with Gasteiger partial charge in [-0.05, 0) is 141 Å². The molecule has 0 spiro atoms. The molecule has 14 rings (SSSR count). The number of para-hydroxylation sites is 3. The van der Waals surface area contributed by atoms with Crippen LogP contribution >= 0.6 is 0 Å². The molecule has 6 nitrogen and oxygen atoms in total. The molecule has 1 aliphatic carbocycles. The van der Waals surface area contributed by atoms with Crippen LogP contribution < -0.4 is 10.4 Å². The summed E-state index contributed by atoms with van der Waals surface area (Å²) in [6.07, 6.45) is 17.4. The summed E-state index contributed by atoms with van der Waals surface area (Å²) in [6.45, 7) is 2.23. The molecule has 0 atom stereocenters. The number of hydrogen-bond acceptors (Lipinski definition) is 5. The number of imidazole rings is 1. The number of benzene rings is 8. The monoisotopic (exact) mass is 958 g/mol. The first-order chi connectivity index (χ1) is 37.1. The third kappa shape index (κ3) is 7.97. The predicted molar refractivity (Wildman–Crippen MR) is 308 cm³/mol. The average molecular weight is 959 g/mol. The van der Waals surface area contributed by atoms with Gasteiger partial charge in [0.05, 0.1) is 22.4 Å². The molecule has 0 unspecified atom stereocenters. The highest BCUT2D eigenvalue weighted by Gasteiger charge is 2.21. The third-order valence-electron chi connectivity index (χ3n) is 14.7. The molecule has 0 saturated carbocycles. The molecule has 5 aromatic heterocycles. The van der Waals surface area contributed by atoms with Gasteiger partial charge >= 0.3 is 0 Å². The molecule has 13 aromatic rings. The Bertz CT molecular complexity index is 4470. The first-order valence-electron chi connectivity index (χ1n) is 25.4. The van der Waals surface area contributed by atoms with Crippen molar-refractivity contribution in [2.75, 3.05) is 0 Å². The Morgan fingerprint density at radius 2 is 0.880 bits per heavy atom. The van der Waals surface area contributed by atoms with Gasteiger partial charge in [-0.15, -0.1) is 0 Å². The van der Waals surface area contributed by atoms with Crippen molar-refractivity contribution in [3.63, 3.8) is 0 Å². The van der Waals surface area contributed by atoms with E-state index in [-0.39, 0.29) is 0 Å². The molecular formula is C69H46N6. The van der Waals surface area contributed by atoms with E-state index >= 15 is 0 Å². The van der Waals surface area contributed by atoms with Crippen LogP contribution in [0.25, 0.3) is 128 Å². The molecule has 1 aliphatic rings. The smallest absolute Gasteiger partial charge is 0.145 e. The summed E-state index contributed by atoms with van der Waals surface area (Å²) in [7, 11) is 0. The summed E-state index contributed by atoms with van der Waals surface area (Å²) in [6, 6.07) is 71.3. The molecule has 75 heavy (non-hydrogen) atoms. The topological polar surface area (TPSA) is 69.4 Å². The van der Waals surface area contributed by atoms with Crippen LogP contribution in [0.4, 0.5) is 0 Å². The van der Waals surface area contributed by atoms with Gasteiger partial charge in [-0.2, -0.15) is 0 Å². The molecule has 8 aromatic carbocycles. The van der Waals surface area contributed by atoms with E-state index in [0.29, 0.717) is 0 Å². The van der Waals surface area contributed by atoms with Gasteiger partial charge in [0, 0.05) is 92.4 Å². The third-order valence-corrected chi connectivity index (χ3v) is 14.7. The van der Waals surface area contributed by atoms with Gasteiger partial charge in [-0.25, -0.2) is 9.97 Å². The van der Waals surface area contributed by atoms with Crippen molar-refractivity contribution in [3.05, 3.63) is 265 Å². The molecule has 352 valence electrons. The summed E-state index contributed by atoms with van der Waals surface area (Å²) in [4.78, 5) is 25.6. The lowest BCUT2D eigenvalue weighted by Gasteiger charge is -2.17. The zero-order chi connectivity index (χ0) is 49.8. The number of aromatic nitrogens is 6. The fourth-order valence-corrected chi connectivity index (χ4v) is 11.0. The standard InChI is InChI=1S/C69H46N6/c1-44-27-28-45-15-5-9-21-57(45)61(29-44)49-30-50(62-41-70-38-46-16-6-10-22-58(46)62)33-53(32-49)66-36-55(69-74-65-25-13-14-26-68(65)75(69)56-19-3-2-4-20-56)37-67(73-66)54-34-51(63-42-71-39-47-17-7-11-23-59(47)63)31-52(35-54)64-43-72-40-48-18-8-12-24-60(48)64/h2-26,28-43H,27H2,1H3. The Labute approximate surface area is 433 Å². The van der Waals surface area contributed by atoms with Gasteiger partial charge in [0.25, 0.3) is 0 Å². The summed E-state index contributed by atoms with van der Waals surface area (Å²) in [5.41, 5.74) is 17.2. The summed E-state index contributed by atoms with van der Waals surface area (Å²) < 4.78 is 2.27. The number of hydrogen-bond donors (Lipinski definition) is 0. The van der Waals surface area contributed by atoms with Gasteiger partial charge in [0.1, 0.15) is 5.82 Å². The number of nitrogens with zero attached hydrogens (tertiary/aromatic N) is 6. The van der Waals surface area contributed by atoms with Crippen LogP contribution in [0.5, 0.6) is 0 Å². The number of fused-ring (bicyclic) bond motifs is 5. The fourth-order valence-electron chi connectivity index (χ4n) is 11.0. The molecule has 0 aliphatic heterocycles. The molecule has 6 heteroatoms. The Kier molecular flexibility index (Phi) is 10.7. The molecule has 5 heterocycles. The van der Waals surface area contributed by atoms with Crippen LogP contribution in [0.1, 0.15) is 18.9 Å². The maximum atomic E-state index is 5.80. The van der Waals surface area contributed by atoms with Crippen LogP contribution in [0, 0.1) is 0 Å². The molecule has 0 radical (unpaired) electrons. The zero-order valence-electron chi connectivity index (χ0n) is 41.1. The van der Waals surface area contributed by atoms with E-state index in [9.17, 15) is 0 Å². The van der Waals surface area contributed by atoms with Gasteiger partial charge in [0.2, 0.25) is 0 Å². The Balaban J connectivity index is 1.09. The highest BCUT2D eigenvalue weighted by atomic mass is 15.1. The van der Waals surface area contributed by atoms with Crippen molar-refractivity contribution in [2.45, 2.75) is 13.3 Å². The van der Waals surface area contributed by atoms with Gasteiger partial charge in [-0.3, -0.25) is 19.5 Å². The summed E-state index contributed by atoms with van der Waals surface area (Å²) in [5, 5.41) is 9.03. The molecule has 0 N–H and O–H groups in total. The van der Waals surface area contributed by atoms with Crippen molar-refractivity contribution in [1.82, 2.24) is 29.5 Å². The van der Waals surface area contributed by atoms with E-state index in [2.05, 4.69) is 224 Å². The average Bonchev–Trinajstić information content (AvgIpc) is 3.80. The lowest BCUT2D eigenvalue weighted by molar-refractivity contribution is 1.10. The van der Waals surface area contributed by atoms with Crippen molar-refractivity contribution >= 4 is 55.0 Å². The van der Waals surface area contributed by atoms with E-state index in [1.54, 1.807) is 0 Å². The Hall–Kier alpha value is -9.91. The quantitative estimate of drug-likeness (QED) is 0.152. The SMILES string of the molecule is CC1=CC(c2cc(-c3cc(-c4nc5ccccc5n4-c4ccccc4)cc(-c4cc(-c5cncc6ccccc56)cc(-c5cncc6ccccc56)c4)n3)cc(-c3cncc4ccccc34)c2)=c2ccccc2=CC1. The van der Waals surface area contributed by atoms with Crippen molar-refractivity contribution in [2.24, 2.45) is 0 Å². The van der Waals surface area contributed by atoms with E-state index in [1.807, 2.05) is 37.2 Å². The minimum absolute atomic E-state index is 0.801. The van der Waals surface area contributed by atoms with Crippen LogP contribution in [-0.2, 0) is 0 Å². The van der Waals surface area contributed by atoms with Gasteiger partial charge in [-0.1, -0.05) is 145 Å². The molecule has 0 bridgehead atoms. The van der Waals surface area contributed by atoms with Crippen molar-refractivity contribution in [3.8, 4) is 73.0 Å². The first-order valence-corrected chi connectivity index (χ1v) is 25.4. The number of pyridine rings is 4. The summed E-state index contributed by atoms with van der Waals surface area (Å²) >= 11 is 0. The second kappa shape index (κ2) is 18.3. The predicted octanol–water partition coefficient (Wildman–Crippen LogP) is 15.4. The van der Waals surface area contributed by atoms with E-state index in [1.165, 1.54) is 21.6 Å². The zero-order valence-corrected chi connectivity index (χ0v) is 41.1. The van der Waals surface area contributed by atoms with Crippen molar-refractivity contribution in [1.29, 1.82) is 0 Å². The lowest BCUT2D eigenvalue weighted by Crippen LogP contribution is -2.25. The minimum Gasteiger partial charge on any atom is -0.292 e. The second-order valence-electron chi connectivity index (χ2n) is 19.4. The highest BCUT2D eigenvalue weighted by Crippen LogP contribution is 2.41. The number of rotatable bonds is 8. The van der Waals surface area contributed by atoms with Crippen LogP contribution in [0.2, 0.25) is 0 Å². The molecule has 0 fully saturated rings. The minimum atomic E-state index is 0.801. The maximum Gasteiger partial charge on any atom is 0.145 e. The largest absolute Gasteiger partial charge is 0.292 e.